The standard InChI is InChI=1S/C34H46N6O9S/c1-33(2,3)49-32(46)37-25-10-8-6-4-5-7-9-22-18-34(22,31(45)39-50(47,48)24-15-16-24)38-29(43)26-17-23(19-40(26)30(25)44)36-28(42)21-13-11-20(12-14-21)27(35)41/h7,9,11-14,22-26H,4-6,8,10,15-19H2,1-3H3,(H2,35,41)(H,36,42)(H,37,46)(H,38,43)(H,39,45)/b9-7-/t22-,23+,25-,26-,34+/m0/s1. The average molecular weight is 715 g/mol. The van der Waals surface area contributed by atoms with Gasteiger partial charge in [-0.3, -0.25) is 28.7 Å². The van der Waals surface area contributed by atoms with Crippen LogP contribution >= 0.6 is 0 Å². The van der Waals surface area contributed by atoms with Gasteiger partial charge in [-0.25, -0.2) is 13.2 Å². The number of rotatable bonds is 7. The molecule has 1 saturated heterocycles. The maximum atomic E-state index is 14.2. The van der Waals surface area contributed by atoms with Gasteiger partial charge in [-0.05, 0) is 90.0 Å². The van der Waals surface area contributed by atoms with Crippen molar-refractivity contribution in [3.63, 3.8) is 0 Å². The lowest BCUT2D eigenvalue weighted by Crippen LogP contribution is -2.58. The Morgan fingerprint density at radius 2 is 1.66 bits per heavy atom. The van der Waals surface area contributed by atoms with Gasteiger partial charge in [-0.15, -0.1) is 0 Å². The number of allylic oxidation sites excluding steroid dienone is 1. The minimum atomic E-state index is -3.91. The number of fused-ring (bicyclic) bond motifs is 2. The van der Waals surface area contributed by atoms with Crippen LogP contribution in [0.1, 0.15) is 99.3 Å². The van der Waals surface area contributed by atoms with Crippen molar-refractivity contribution in [2.75, 3.05) is 6.54 Å². The number of alkyl carbamates (subject to hydrolysis) is 1. The summed E-state index contributed by atoms with van der Waals surface area (Å²) in [5.74, 6) is -3.71. The number of benzene rings is 1. The monoisotopic (exact) mass is 714 g/mol. The fourth-order valence-corrected chi connectivity index (χ4v) is 7.77. The number of sulfonamides is 1. The van der Waals surface area contributed by atoms with Gasteiger partial charge < -0.3 is 31.3 Å². The van der Waals surface area contributed by atoms with Crippen molar-refractivity contribution in [2.45, 2.75) is 113 Å². The van der Waals surface area contributed by atoms with Crippen LogP contribution in [-0.2, 0) is 29.1 Å². The van der Waals surface area contributed by atoms with E-state index in [1.165, 1.54) is 29.2 Å². The highest BCUT2D eigenvalue weighted by molar-refractivity contribution is 7.91. The second-order valence-corrected chi connectivity index (χ2v) is 16.5. The lowest BCUT2D eigenvalue weighted by Gasteiger charge is -2.30. The van der Waals surface area contributed by atoms with Crippen LogP contribution < -0.4 is 26.4 Å². The number of ether oxygens (including phenoxy) is 1. The van der Waals surface area contributed by atoms with Crippen molar-refractivity contribution in [2.24, 2.45) is 11.7 Å². The lowest BCUT2D eigenvalue weighted by molar-refractivity contribution is -0.141. The molecule has 15 nitrogen and oxygen atoms in total. The molecule has 0 radical (unpaired) electrons. The number of amides is 6. The van der Waals surface area contributed by atoms with E-state index in [0.29, 0.717) is 25.7 Å². The van der Waals surface area contributed by atoms with Crippen LogP contribution in [0.5, 0.6) is 0 Å². The molecule has 0 spiro atoms. The van der Waals surface area contributed by atoms with Crippen molar-refractivity contribution < 1.29 is 41.9 Å². The molecule has 16 heteroatoms. The van der Waals surface area contributed by atoms with Gasteiger partial charge in [0.1, 0.15) is 23.2 Å². The molecule has 0 bridgehead atoms. The molecular weight excluding hydrogens is 668 g/mol. The molecule has 3 fully saturated rings. The molecule has 2 aliphatic heterocycles. The molecule has 1 aromatic carbocycles. The molecule has 6 amide bonds. The molecule has 4 aliphatic rings. The van der Waals surface area contributed by atoms with E-state index in [2.05, 4.69) is 20.7 Å². The highest BCUT2D eigenvalue weighted by atomic mass is 32.2. The lowest BCUT2D eigenvalue weighted by atomic mass is 10.0. The Morgan fingerprint density at radius 1 is 0.980 bits per heavy atom. The minimum Gasteiger partial charge on any atom is -0.444 e. The fraction of sp³-hybridized carbons (Fsp3) is 0.588. The number of hydrogen-bond donors (Lipinski definition) is 5. The van der Waals surface area contributed by atoms with Gasteiger partial charge >= 0.3 is 6.09 Å². The maximum absolute atomic E-state index is 14.2. The Balaban J connectivity index is 1.42. The molecule has 0 unspecified atom stereocenters. The summed E-state index contributed by atoms with van der Waals surface area (Å²) >= 11 is 0. The van der Waals surface area contributed by atoms with E-state index in [-0.39, 0.29) is 36.9 Å². The van der Waals surface area contributed by atoms with Gasteiger partial charge in [0.25, 0.3) is 11.8 Å². The van der Waals surface area contributed by atoms with E-state index >= 15 is 0 Å². The first-order valence-electron chi connectivity index (χ1n) is 17.0. The molecule has 272 valence electrons. The van der Waals surface area contributed by atoms with Gasteiger partial charge in [0.05, 0.1) is 5.25 Å². The van der Waals surface area contributed by atoms with E-state index in [0.717, 1.165) is 12.8 Å². The summed E-state index contributed by atoms with van der Waals surface area (Å²) in [5.41, 5.74) is 3.38. The number of carbonyl (C=O) groups is 6. The van der Waals surface area contributed by atoms with E-state index in [1.54, 1.807) is 20.8 Å². The molecule has 2 heterocycles. The highest BCUT2D eigenvalue weighted by Crippen LogP contribution is 2.46. The minimum absolute atomic E-state index is 0.0274. The zero-order valence-corrected chi connectivity index (χ0v) is 29.3. The zero-order chi connectivity index (χ0) is 36.4. The van der Waals surface area contributed by atoms with E-state index in [4.69, 9.17) is 10.5 Å². The van der Waals surface area contributed by atoms with Crippen LogP contribution in [0.3, 0.4) is 0 Å². The second-order valence-electron chi connectivity index (χ2n) is 14.6. The quantitative estimate of drug-likeness (QED) is 0.257. The van der Waals surface area contributed by atoms with Crippen LogP contribution in [-0.4, -0.2) is 90.0 Å². The largest absolute Gasteiger partial charge is 0.444 e. The summed E-state index contributed by atoms with van der Waals surface area (Å²) in [6.07, 6.45) is 6.99. The Morgan fingerprint density at radius 3 is 2.30 bits per heavy atom. The van der Waals surface area contributed by atoms with E-state index in [1.807, 2.05) is 12.2 Å². The summed E-state index contributed by atoms with van der Waals surface area (Å²) < 4.78 is 33.0. The predicted octanol–water partition coefficient (Wildman–Crippen LogP) is 1.38. The Bertz CT molecular complexity index is 1670. The molecule has 2 saturated carbocycles. The third-order valence-corrected chi connectivity index (χ3v) is 11.2. The molecule has 0 aromatic heterocycles. The Hall–Kier alpha value is -4.47. The van der Waals surface area contributed by atoms with Crippen LogP contribution in [0, 0.1) is 5.92 Å². The zero-order valence-electron chi connectivity index (χ0n) is 28.5. The van der Waals surface area contributed by atoms with Crippen molar-refractivity contribution in [1.29, 1.82) is 0 Å². The maximum Gasteiger partial charge on any atom is 0.408 e. The first-order valence-corrected chi connectivity index (χ1v) is 18.6. The SMILES string of the molecule is CC(C)(C)OC(=O)N[C@H]1CCCCC/C=C\[C@H]2C[C@@]2(C(=O)NS(=O)(=O)C2CC2)NC(=O)[C@@H]2C[C@@H](NC(=O)c3ccc(C(N)=O)cc3)CN2C1=O. The number of primary amides is 1. The average Bonchev–Trinajstić information content (AvgIpc) is 3.95. The number of nitrogens with two attached hydrogens (primary N) is 1. The summed E-state index contributed by atoms with van der Waals surface area (Å²) in [7, 11) is -3.91. The molecule has 5 rings (SSSR count). The number of hydrogen-bond acceptors (Lipinski definition) is 9. The second kappa shape index (κ2) is 14.4. The molecule has 1 aromatic rings. The van der Waals surface area contributed by atoms with Crippen molar-refractivity contribution in [1.82, 2.24) is 25.6 Å². The van der Waals surface area contributed by atoms with Crippen molar-refractivity contribution in [3.8, 4) is 0 Å². The van der Waals surface area contributed by atoms with E-state index < -0.39 is 86.1 Å². The van der Waals surface area contributed by atoms with Gasteiger partial charge in [-0.1, -0.05) is 25.0 Å². The highest BCUT2D eigenvalue weighted by Gasteiger charge is 2.62. The van der Waals surface area contributed by atoms with Gasteiger partial charge in [0, 0.05) is 29.6 Å². The predicted molar refractivity (Wildman–Crippen MR) is 181 cm³/mol. The number of nitrogens with one attached hydrogen (secondary N) is 4. The fourth-order valence-electron chi connectivity index (χ4n) is 6.41. The Kier molecular flexibility index (Phi) is 10.6. The third-order valence-electron chi connectivity index (χ3n) is 9.34. The van der Waals surface area contributed by atoms with Crippen molar-refractivity contribution >= 4 is 45.7 Å². The molecular formula is C34H46N6O9S. The van der Waals surface area contributed by atoms with Gasteiger partial charge in [-0.2, -0.15) is 0 Å². The number of carbonyl (C=O) groups excluding carboxylic acids is 6. The summed E-state index contributed by atoms with van der Waals surface area (Å²) in [6.45, 7) is 5.00. The molecule has 5 atom stereocenters. The van der Waals surface area contributed by atoms with Gasteiger partial charge in [0.2, 0.25) is 27.7 Å². The van der Waals surface area contributed by atoms with Crippen LogP contribution in [0.2, 0.25) is 0 Å². The van der Waals surface area contributed by atoms with Crippen LogP contribution in [0.25, 0.3) is 0 Å². The van der Waals surface area contributed by atoms with Crippen LogP contribution in [0.15, 0.2) is 36.4 Å². The van der Waals surface area contributed by atoms with E-state index in [9.17, 15) is 37.2 Å². The first kappa shape index (κ1) is 36.8. The molecule has 50 heavy (non-hydrogen) atoms. The third kappa shape index (κ3) is 8.81. The normalized spacial score (nSPS) is 28.0. The summed E-state index contributed by atoms with van der Waals surface area (Å²) in [6, 6.07) is 2.75. The molecule has 6 N–H and O–H groups in total. The summed E-state index contributed by atoms with van der Waals surface area (Å²) in [5, 5.41) is 7.66. The van der Waals surface area contributed by atoms with Gasteiger partial charge in [0.15, 0.2) is 0 Å². The smallest absolute Gasteiger partial charge is 0.408 e. The number of nitrogens with zero attached hydrogens (tertiary/aromatic N) is 1. The first-order chi connectivity index (χ1) is 23.5. The van der Waals surface area contributed by atoms with Crippen molar-refractivity contribution in [3.05, 3.63) is 47.5 Å². The van der Waals surface area contributed by atoms with Crippen LogP contribution in [0.4, 0.5) is 4.79 Å². The summed E-state index contributed by atoms with van der Waals surface area (Å²) in [4.78, 5) is 80.7. The molecule has 2 aliphatic carbocycles. The Labute approximate surface area is 291 Å². The topological polar surface area (TPSA) is 223 Å².